The van der Waals surface area contributed by atoms with E-state index in [1.807, 2.05) is 24.3 Å². The van der Waals surface area contributed by atoms with Gasteiger partial charge in [0.15, 0.2) is 0 Å². The van der Waals surface area contributed by atoms with Crippen LogP contribution in [0.2, 0.25) is 0 Å². The van der Waals surface area contributed by atoms with Crippen LogP contribution in [0.4, 0.5) is 11.4 Å². The number of amides is 1. The van der Waals surface area contributed by atoms with Crippen molar-refractivity contribution >= 4 is 49.6 Å². The van der Waals surface area contributed by atoms with Crippen molar-refractivity contribution in [3.8, 4) is 0 Å². The van der Waals surface area contributed by atoms with Crippen molar-refractivity contribution in [2.24, 2.45) is 0 Å². The molecule has 0 fully saturated rings. The van der Waals surface area contributed by atoms with Crippen molar-refractivity contribution in [2.75, 3.05) is 17.6 Å². The van der Waals surface area contributed by atoms with E-state index in [0.717, 1.165) is 29.6 Å². The van der Waals surface area contributed by atoms with Gasteiger partial charge >= 0.3 is 0 Å². The molecule has 0 aliphatic rings. The summed E-state index contributed by atoms with van der Waals surface area (Å²) in [6.07, 6.45) is 3.07. The molecule has 0 bridgehead atoms. The zero-order valence-electron chi connectivity index (χ0n) is 17.5. The molecule has 2 aromatic heterocycles. The maximum atomic E-state index is 12.7. The number of nitrogens with two attached hydrogens (primary N) is 1. The number of hydrogen-bond acceptors (Lipinski definition) is 4. The number of benzene rings is 3. The van der Waals surface area contributed by atoms with Gasteiger partial charge in [0, 0.05) is 28.3 Å². The Morgan fingerprint density at radius 2 is 1.84 bits per heavy atom. The number of aromatic nitrogens is 1. The molecule has 0 atom stereocenters. The Labute approximate surface area is 190 Å². The zero-order chi connectivity index (χ0) is 21.9. The number of H-pyrrole nitrogens is 1. The lowest BCUT2D eigenvalue weighted by atomic mass is 10.1. The number of carbonyl (C=O) groups excluding carboxylic acids is 1. The number of nitrogen functional groups attached to an aromatic ring is 1. The van der Waals surface area contributed by atoms with Gasteiger partial charge in [-0.3, -0.25) is 4.79 Å². The van der Waals surface area contributed by atoms with Crippen LogP contribution in [0, 0.1) is 0 Å². The Morgan fingerprint density at radius 1 is 1.00 bits per heavy atom. The van der Waals surface area contributed by atoms with E-state index in [0.29, 0.717) is 16.3 Å². The fraction of sp³-hybridized carbons (Fsp3) is 0.115. The van der Waals surface area contributed by atoms with Gasteiger partial charge in [-0.15, -0.1) is 11.3 Å². The minimum atomic E-state index is -0.137. The van der Waals surface area contributed by atoms with Gasteiger partial charge in [0.1, 0.15) is 0 Å². The number of thiophene rings is 1. The molecule has 5 rings (SSSR count). The van der Waals surface area contributed by atoms with E-state index in [2.05, 4.69) is 58.2 Å². The molecule has 1 amide bonds. The van der Waals surface area contributed by atoms with Gasteiger partial charge in [0.2, 0.25) is 0 Å². The topological polar surface area (TPSA) is 82.9 Å². The first-order chi connectivity index (χ1) is 15.7. The van der Waals surface area contributed by atoms with E-state index < -0.39 is 0 Å². The Morgan fingerprint density at radius 3 is 2.75 bits per heavy atom. The molecule has 0 aliphatic heterocycles. The first kappa shape index (κ1) is 20.3. The highest BCUT2D eigenvalue weighted by Crippen LogP contribution is 2.28. The Hall–Kier alpha value is -3.61. The molecule has 0 saturated heterocycles. The summed E-state index contributed by atoms with van der Waals surface area (Å²) in [7, 11) is 0. The molecule has 32 heavy (non-hydrogen) atoms. The van der Waals surface area contributed by atoms with Crippen molar-refractivity contribution in [1.82, 2.24) is 10.3 Å². The van der Waals surface area contributed by atoms with E-state index in [9.17, 15) is 4.79 Å². The quantitative estimate of drug-likeness (QED) is 0.198. The highest BCUT2D eigenvalue weighted by molar-refractivity contribution is 7.20. The van der Waals surface area contributed by atoms with E-state index in [4.69, 9.17) is 5.73 Å². The summed E-state index contributed by atoms with van der Waals surface area (Å²) in [6, 6.07) is 24.0. The Bertz CT molecular complexity index is 1400. The first-order valence-electron chi connectivity index (χ1n) is 10.6. The fourth-order valence-corrected chi connectivity index (χ4v) is 4.91. The average molecular weight is 441 g/mol. The average Bonchev–Trinajstić information content (AvgIpc) is 3.42. The second-order valence-electron chi connectivity index (χ2n) is 7.81. The molecule has 2 heterocycles. The molecular formula is C26H24N4OS. The standard InChI is InChI=1S/C26H24N4OS/c27-21-6-2-4-8-23(21)30-26(31)25-14-18-10-9-17(13-24(18)32-25)15-28-12-11-19-16-29-22-7-3-1-5-20(19)22/h1-10,13-14,16,28-29H,11-12,15,27H2,(H,30,31). The van der Waals surface area contributed by atoms with Crippen LogP contribution < -0.4 is 16.4 Å². The maximum Gasteiger partial charge on any atom is 0.265 e. The highest BCUT2D eigenvalue weighted by Gasteiger charge is 2.12. The van der Waals surface area contributed by atoms with Crippen molar-refractivity contribution in [2.45, 2.75) is 13.0 Å². The van der Waals surface area contributed by atoms with Crippen LogP contribution in [0.3, 0.4) is 0 Å². The predicted octanol–water partition coefficient (Wildman–Crippen LogP) is 5.55. The van der Waals surface area contributed by atoms with Crippen LogP contribution in [0.1, 0.15) is 20.8 Å². The number of nitrogens with one attached hydrogen (secondary N) is 3. The monoisotopic (exact) mass is 440 g/mol. The van der Waals surface area contributed by atoms with Gasteiger partial charge in [-0.25, -0.2) is 0 Å². The lowest BCUT2D eigenvalue weighted by molar-refractivity contribution is 0.103. The number of aromatic amines is 1. The predicted molar refractivity (Wildman–Crippen MR) is 134 cm³/mol. The highest BCUT2D eigenvalue weighted by atomic mass is 32.1. The zero-order valence-corrected chi connectivity index (χ0v) is 18.3. The molecule has 3 aromatic carbocycles. The number of hydrogen-bond donors (Lipinski definition) is 4. The normalized spacial score (nSPS) is 11.2. The molecule has 0 unspecified atom stereocenters. The van der Waals surface area contributed by atoms with Crippen molar-refractivity contribution in [3.63, 3.8) is 0 Å². The summed E-state index contributed by atoms with van der Waals surface area (Å²) in [4.78, 5) is 16.7. The number of anilines is 2. The Kier molecular flexibility index (Phi) is 5.62. The van der Waals surface area contributed by atoms with Crippen LogP contribution in [0.25, 0.3) is 21.0 Å². The molecule has 160 valence electrons. The summed E-state index contributed by atoms with van der Waals surface area (Å²) in [6.45, 7) is 1.69. The minimum Gasteiger partial charge on any atom is -0.397 e. The third-order valence-corrected chi connectivity index (χ3v) is 6.69. The minimum absolute atomic E-state index is 0.137. The lowest BCUT2D eigenvalue weighted by Gasteiger charge is -2.06. The number of carbonyl (C=O) groups is 1. The van der Waals surface area contributed by atoms with E-state index in [-0.39, 0.29) is 5.91 Å². The maximum absolute atomic E-state index is 12.7. The van der Waals surface area contributed by atoms with Crippen LogP contribution in [-0.2, 0) is 13.0 Å². The molecule has 5 N–H and O–H groups in total. The summed E-state index contributed by atoms with van der Waals surface area (Å²) in [5, 5.41) is 8.80. The molecule has 5 aromatic rings. The van der Waals surface area contributed by atoms with Crippen molar-refractivity contribution < 1.29 is 4.79 Å². The van der Waals surface area contributed by atoms with Gasteiger partial charge in [0.05, 0.1) is 16.3 Å². The SMILES string of the molecule is Nc1ccccc1NC(=O)c1cc2ccc(CNCCc3c[nH]c4ccccc34)cc2s1. The fourth-order valence-electron chi connectivity index (χ4n) is 3.89. The van der Waals surface area contributed by atoms with Gasteiger partial charge in [0.25, 0.3) is 5.91 Å². The largest absolute Gasteiger partial charge is 0.397 e. The van der Waals surface area contributed by atoms with Crippen molar-refractivity contribution in [1.29, 1.82) is 0 Å². The van der Waals surface area contributed by atoms with Crippen LogP contribution in [0.5, 0.6) is 0 Å². The molecule has 0 saturated carbocycles. The van der Waals surface area contributed by atoms with Gasteiger partial charge in [-0.05, 0) is 59.8 Å². The molecular weight excluding hydrogens is 416 g/mol. The van der Waals surface area contributed by atoms with E-state index in [1.165, 1.54) is 33.4 Å². The molecule has 0 radical (unpaired) electrons. The molecule has 6 heteroatoms. The molecule has 5 nitrogen and oxygen atoms in total. The summed E-state index contributed by atoms with van der Waals surface area (Å²) in [5.74, 6) is -0.137. The lowest BCUT2D eigenvalue weighted by Crippen LogP contribution is -2.16. The van der Waals surface area contributed by atoms with Crippen LogP contribution in [-0.4, -0.2) is 17.4 Å². The second-order valence-corrected chi connectivity index (χ2v) is 8.89. The Balaban J connectivity index is 1.21. The summed E-state index contributed by atoms with van der Waals surface area (Å²) < 4.78 is 1.10. The van der Waals surface area contributed by atoms with E-state index >= 15 is 0 Å². The third-order valence-electron chi connectivity index (χ3n) is 5.59. The molecule has 0 aliphatic carbocycles. The summed E-state index contributed by atoms with van der Waals surface area (Å²) in [5.41, 5.74) is 10.8. The van der Waals surface area contributed by atoms with Gasteiger partial charge in [-0.2, -0.15) is 0 Å². The van der Waals surface area contributed by atoms with Gasteiger partial charge in [-0.1, -0.05) is 42.5 Å². The molecule has 0 spiro atoms. The van der Waals surface area contributed by atoms with E-state index in [1.54, 1.807) is 12.1 Å². The third kappa shape index (κ3) is 4.23. The number of rotatable bonds is 7. The van der Waals surface area contributed by atoms with Crippen LogP contribution in [0.15, 0.2) is 79.0 Å². The second kappa shape index (κ2) is 8.86. The first-order valence-corrected chi connectivity index (χ1v) is 11.4. The van der Waals surface area contributed by atoms with Crippen LogP contribution >= 0.6 is 11.3 Å². The summed E-state index contributed by atoms with van der Waals surface area (Å²) >= 11 is 1.50. The van der Waals surface area contributed by atoms with Crippen molar-refractivity contribution in [3.05, 3.63) is 95.0 Å². The smallest absolute Gasteiger partial charge is 0.265 e. The number of fused-ring (bicyclic) bond motifs is 2. The van der Waals surface area contributed by atoms with Gasteiger partial charge < -0.3 is 21.4 Å². The number of para-hydroxylation sites is 3.